The molecule has 3 rings (SSSR count). The molecule has 2 aromatic rings. The molecule has 5 heteroatoms. The van der Waals surface area contributed by atoms with Crippen LogP contribution in [-0.2, 0) is 4.79 Å². The van der Waals surface area contributed by atoms with Gasteiger partial charge in [0.2, 0.25) is 0 Å². The number of amidine groups is 1. The van der Waals surface area contributed by atoms with E-state index in [4.69, 9.17) is 0 Å². The number of aliphatic imine (C=N–C) groups is 1. The monoisotopic (exact) mass is 326 g/mol. The van der Waals surface area contributed by atoms with Crippen molar-refractivity contribution in [2.24, 2.45) is 4.99 Å². The lowest BCUT2D eigenvalue weighted by atomic mass is 10.1. The number of benzene rings is 2. The zero-order valence-corrected chi connectivity index (χ0v) is 13.6. The number of rotatable bonds is 2. The lowest BCUT2D eigenvalue weighted by molar-refractivity contribution is -0.115. The Balaban J connectivity index is 1.89. The highest BCUT2D eigenvalue weighted by Gasteiger charge is 2.24. The number of hydrogen-bond acceptors (Lipinski definition) is 3. The highest BCUT2D eigenvalue weighted by Crippen LogP contribution is 2.30. The van der Waals surface area contributed by atoms with Crippen molar-refractivity contribution in [3.8, 4) is 0 Å². The molecule has 1 fully saturated rings. The molecule has 0 unspecified atom stereocenters. The van der Waals surface area contributed by atoms with Crippen LogP contribution in [0, 0.1) is 19.7 Å². The van der Waals surface area contributed by atoms with Crippen LogP contribution in [0.4, 0.5) is 10.1 Å². The van der Waals surface area contributed by atoms with E-state index in [1.54, 1.807) is 24.3 Å². The van der Waals surface area contributed by atoms with E-state index in [0.29, 0.717) is 15.6 Å². The number of aryl methyl sites for hydroxylation is 1. The molecular weight excluding hydrogens is 311 g/mol. The highest BCUT2D eigenvalue weighted by atomic mass is 32.2. The molecular formula is C18H15FN2OS. The third-order valence-corrected chi connectivity index (χ3v) is 4.55. The van der Waals surface area contributed by atoms with Gasteiger partial charge in [0.15, 0.2) is 5.17 Å². The van der Waals surface area contributed by atoms with Gasteiger partial charge in [-0.05, 0) is 54.9 Å². The molecule has 0 atom stereocenters. The number of amides is 1. The lowest BCUT2D eigenvalue weighted by Gasteiger charge is -2.04. The highest BCUT2D eigenvalue weighted by molar-refractivity contribution is 8.18. The molecule has 23 heavy (non-hydrogen) atoms. The van der Waals surface area contributed by atoms with E-state index in [2.05, 4.69) is 10.3 Å². The standard InChI is InChI=1S/C18H15FN2OS/c1-11-6-5-9-15(12(11)2)20-18-21-17(22)16(23-18)10-13-7-3-4-8-14(13)19/h3-10H,1-2H3,(H,20,21,22). The first-order valence-corrected chi connectivity index (χ1v) is 7.96. The molecule has 0 aromatic heterocycles. The molecule has 0 spiro atoms. The van der Waals surface area contributed by atoms with E-state index in [1.165, 1.54) is 17.8 Å². The van der Waals surface area contributed by atoms with Crippen LogP contribution < -0.4 is 5.32 Å². The lowest BCUT2D eigenvalue weighted by Crippen LogP contribution is -2.19. The van der Waals surface area contributed by atoms with Crippen LogP contribution in [0.25, 0.3) is 6.08 Å². The molecule has 3 nitrogen and oxygen atoms in total. The van der Waals surface area contributed by atoms with Crippen molar-refractivity contribution in [2.75, 3.05) is 0 Å². The Kier molecular flexibility index (Phi) is 4.30. The van der Waals surface area contributed by atoms with Gasteiger partial charge in [0, 0.05) is 5.56 Å². The Hall–Kier alpha value is -2.40. The average Bonchev–Trinajstić information content (AvgIpc) is 2.86. The van der Waals surface area contributed by atoms with Gasteiger partial charge in [-0.2, -0.15) is 0 Å². The summed E-state index contributed by atoms with van der Waals surface area (Å²) in [6.45, 7) is 4.01. The molecule has 0 saturated carbocycles. The minimum Gasteiger partial charge on any atom is -0.300 e. The minimum atomic E-state index is -0.353. The van der Waals surface area contributed by atoms with Crippen LogP contribution in [0.5, 0.6) is 0 Å². The van der Waals surface area contributed by atoms with Crippen molar-refractivity contribution in [1.82, 2.24) is 5.32 Å². The van der Waals surface area contributed by atoms with Crippen LogP contribution in [0.1, 0.15) is 16.7 Å². The topological polar surface area (TPSA) is 41.5 Å². The second-order valence-electron chi connectivity index (χ2n) is 5.22. The summed E-state index contributed by atoms with van der Waals surface area (Å²) in [5.74, 6) is -0.615. The van der Waals surface area contributed by atoms with Crippen molar-refractivity contribution < 1.29 is 9.18 Å². The second kappa shape index (κ2) is 6.38. The number of carbonyl (C=O) groups excluding carboxylic acids is 1. The third kappa shape index (κ3) is 3.35. The number of hydrogen-bond donors (Lipinski definition) is 1. The molecule has 1 heterocycles. The number of carbonyl (C=O) groups is 1. The number of nitrogens with zero attached hydrogens (tertiary/aromatic N) is 1. The van der Waals surface area contributed by atoms with Gasteiger partial charge >= 0.3 is 0 Å². The second-order valence-corrected chi connectivity index (χ2v) is 6.25. The smallest absolute Gasteiger partial charge is 0.264 e. The quantitative estimate of drug-likeness (QED) is 0.834. The molecule has 1 N–H and O–H groups in total. The summed E-state index contributed by atoms with van der Waals surface area (Å²) in [7, 11) is 0. The Labute approximate surface area is 138 Å². The zero-order chi connectivity index (χ0) is 16.4. The maximum atomic E-state index is 13.7. The first-order chi connectivity index (χ1) is 11.0. The van der Waals surface area contributed by atoms with Gasteiger partial charge < -0.3 is 5.32 Å². The van der Waals surface area contributed by atoms with Gasteiger partial charge in [0.25, 0.3) is 5.91 Å². The summed E-state index contributed by atoms with van der Waals surface area (Å²) < 4.78 is 13.7. The van der Waals surface area contributed by atoms with E-state index in [9.17, 15) is 9.18 Å². The van der Waals surface area contributed by atoms with E-state index < -0.39 is 0 Å². The molecule has 116 valence electrons. The maximum absolute atomic E-state index is 13.7. The van der Waals surface area contributed by atoms with Crippen molar-refractivity contribution in [3.05, 3.63) is 69.9 Å². The predicted molar refractivity (Wildman–Crippen MR) is 93.1 cm³/mol. The third-order valence-electron chi connectivity index (χ3n) is 3.64. The Bertz CT molecular complexity index is 843. The fraction of sp³-hybridized carbons (Fsp3) is 0.111. The molecule has 1 aliphatic rings. The summed E-state index contributed by atoms with van der Waals surface area (Å²) in [5, 5.41) is 3.23. The van der Waals surface area contributed by atoms with E-state index in [1.807, 2.05) is 32.0 Å². The Morgan fingerprint density at radius 3 is 2.70 bits per heavy atom. The summed E-state index contributed by atoms with van der Waals surface area (Å²) in [6, 6.07) is 12.2. The maximum Gasteiger partial charge on any atom is 0.264 e. The number of thioether (sulfide) groups is 1. The van der Waals surface area contributed by atoms with Crippen LogP contribution in [0.15, 0.2) is 52.4 Å². The molecule has 1 saturated heterocycles. The largest absolute Gasteiger partial charge is 0.300 e. The zero-order valence-electron chi connectivity index (χ0n) is 12.8. The normalized spacial score (nSPS) is 17.8. The molecule has 0 radical (unpaired) electrons. The predicted octanol–water partition coefficient (Wildman–Crippen LogP) is 4.33. The van der Waals surface area contributed by atoms with E-state index in [0.717, 1.165) is 16.8 Å². The van der Waals surface area contributed by atoms with Gasteiger partial charge in [0.1, 0.15) is 5.82 Å². The van der Waals surface area contributed by atoms with Gasteiger partial charge in [0.05, 0.1) is 10.6 Å². The fourth-order valence-electron chi connectivity index (χ4n) is 2.18. The summed E-state index contributed by atoms with van der Waals surface area (Å²) >= 11 is 1.22. The van der Waals surface area contributed by atoms with Gasteiger partial charge in [-0.25, -0.2) is 9.38 Å². The molecule has 0 aliphatic carbocycles. The van der Waals surface area contributed by atoms with Crippen molar-refractivity contribution in [2.45, 2.75) is 13.8 Å². The minimum absolute atomic E-state index is 0.262. The SMILES string of the molecule is Cc1cccc(N=C2NC(=O)C(=Cc3ccccc3F)S2)c1C. The van der Waals surface area contributed by atoms with Crippen LogP contribution in [0.3, 0.4) is 0 Å². The first kappa shape index (κ1) is 15.5. The molecule has 1 amide bonds. The Morgan fingerprint density at radius 2 is 1.91 bits per heavy atom. The van der Waals surface area contributed by atoms with Crippen molar-refractivity contribution >= 4 is 34.6 Å². The fourth-order valence-corrected chi connectivity index (χ4v) is 3.01. The van der Waals surface area contributed by atoms with E-state index >= 15 is 0 Å². The summed E-state index contributed by atoms with van der Waals surface area (Å²) in [4.78, 5) is 17.0. The molecule has 1 aliphatic heterocycles. The number of halogens is 1. The summed E-state index contributed by atoms with van der Waals surface area (Å²) in [6.07, 6.45) is 1.54. The average molecular weight is 326 g/mol. The van der Waals surface area contributed by atoms with Crippen molar-refractivity contribution in [3.63, 3.8) is 0 Å². The van der Waals surface area contributed by atoms with E-state index in [-0.39, 0.29) is 11.7 Å². The van der Waals surface area contributed by atoms with Crippen molar-refractivity contribution in [1.29, 1.82) is 0 Å². The Morgan fingerprint density at radius 1 is 1.13 bits per heavy atom. The summed E-state index contributed by atoms with van der Waals surface area (Å²) in [5.41, 5.74) is 3.42. The van der Waals surface area contributed by atoms with Crippen LogP contribution in [-0.4, -0.2) is 11.1 Å². The van der Waals surface area contributed by atoms with Gasteiger partial charge in [-0.3, -0.25) is 4.79 Å². The van der Waals surface area contributed by atoms with Gasteiger partial charge in [-0.15, -0.1) is 0 Å². The molecule has 2 aromatic carbocycles. The van der Waals surface area contributed by atoms with Gasteiger partial charge in [-0.1, -0.05) is 30.3 Å². The molecule has 0 bridgehead atoms. The number of nitrogens with one attached hydrogen (secondary N) is 1. The van der Waals surface area contributed by atoms with Crippen LogP contribution in [0.2, 0.25) is 0 Å². The van der Waals surface area contributed by atoms with Crippen LogP contribution >= 0.6 is 11.8 Å². The first-order valence-electron chi connectivity index (χ1n) is 7.15.